The Morgan fingerprint density at radius 3 is 2.43 bits per heavy atom. The van der Waals surface area contributed by atoms with Crippen LogP contribution in [0.25, 0.3) is 0 Å². The summed E-state index contributed by atoms with van der Waals surface area (Å²) in [7, 11) is 0. The van der Waals surface area contributed by atoms with Crippen molar-refractivity contribution in [1.29, 1.82) is 0 Å². The molecule has 1 atom stereocenters. The van der Waals surface area contributed by atoms with Gasteiger partial charge < -0.3 is 20.4 Å². The highest BCUT2D eigenvalue weighted by atomic mass is 16.2. The van der Waals surface area contributed by atoms with Crippen molar-refractivity contribution in [2.75, 3.05) is 45.8 Å². The smallest absolute Gasteiger partial charge is 0.322 e. The van der Waals surface area contributed by atoms with Gasteiger partial charge in [0.2, 0.25) is 0 Å². The van der Waals surface area contributed by atoms with E-state index in [9.17, 15) is 9.59 Å². The number of carbonyl (C=O) groups excluding carboxylic acids is 2. The van der Waals surface area contributed by atoms with Gasteiger partial charge in [-0.05, 0) is 64.5 Å². The molecule has 3 fully saturated rings. The van der Waals surface area contributed by atoms with Crippen LogP contribution in [0.15, 0.2) is 4.99 Å². The maximum atomic E-state index is 12.2. The minimum Gasteiger partial charge on any atom is -0.357 e. The molecule has 158 valence electrons. The number of urea groups is 1. The third kappa shape index (κ3) is 4.77. The van der Waals surface area contributed by atoms with Gasteiger partial charge in [0.25, 0.3) is 5.91 Å². The van der Waals surface area contributed by atoms with E-state index in [2.05, 4.69) is 39.6 Å². The average molecular weight is 393 g/mol. The number of nitrogens with one attached hydrogen (secondary N) is 3. The number of aliphatic imine (C=N–C) groups is 1. The van der Waals surface area contributed by atoms with Crippen molar-refractivity contribution in [1.82, 2.24) is 25.8 Å². The normalized spacial score (nSPS) is 28.4. The van der Waals surface area contributed by atoms with E-state index in [1.54, 1.807) is 0 Å². The lowest BCUT2D eigenvalue weighted by Gasteiger charge is -2.39. The first-order chi connectivity index (χ1) is 13.4. The third-order valence-corrected chi connectivity index (χ3v) is 6.57. The molecule has 0 radical (unpaired) electrons. The Morgan fingerprint density at radius 2 is 1.86 bits per heavy atom. The lowest BCUT2D eigenvalue weighted by Crippen LogP contribution is -2.55. The van der Waals surface area contributed by atoms with Crippen molar-refractivity contribution >= 4 is 17.9 Å². The summed E-state index contributed by atoms with van der Waals surface area (Å²) < 4.78 is 0. The van der Waals surface area contributed by atoms with Crippen LogP contribution in [-0.4, -0.2) is 79.0 Å². The minimum atomic E-state index is -0.788. The van der Waals surface area contributed by atoms with Gasteiger partial charge in [-0.25, -0.2) is 4.79 Å². The first-order valence-corrected chi connectivity index (χ1v) is 10.8. The van der Waals surface area contributed by atoms with Gasteiger partial charge in [0, 0.05) is 26.2 Å². The van der Waals surface area contributed by atoms with Crippen molar-refractivity contribution in [3.8, 4) is 0 Å². The number of likely N-dealkylation sites (tertiary alicyclic amines) is 2. The molecule has 0 aromatic rings. The molecule has 0 saturated carbocycles. The lowest BCUT2D eigenvalue weighted by atomic mass is 9.79. The molecular formula is C20H36N6O2. The van der Waals surface area contributed by atoms with Crippen molar-refractivity contribution in [2.24, 2.45) is 16.8 Å². The zero-order chi connectivity index (χ0) is 20.1. The second-order valence-electron chi connectivity index (χ2n) is 8.63. The van der Waals surface area contributed by atoms with Crippen molar-refractivity contribution in [3.05, 3.63) is 0 Å². The van der Waals surface area contributed by atoms with E-state index in [0.717, 1.165) is 57.4 Å². The monoisotopic (exact) mass is 392 g/mol. The minimum absolute atomic E-state index is 0.147. The third-order valence-electron chi connectivity index (χ3n) is 6.57. The summed E-state index contributed by atoms with van der Waals surface area (Å²) in [6, 6.07) is -0.378. The van der Waals surface area contributed by atoms with Crippen LogP contribution in [0.3, 0.4) is 0 Å². The summed E-state index contributed by atoms with van der Waals surface area (Å²) in [6.07, 6.45) is 4.30. The van der Waals surface area contributed by atoms with Gasteiger partial charge in [-0.3, -0.25) is 15.1 Å². The molecule has 0 spiro atoms. The van der Waals surface area contributed by atoms with Crippen molar-refractivity contribution in [2.45, 2.75) is 52.0 Å². The van der Waals surface area contributed by atoms with Crippen molar-refractivity contribution in [3.63, 3.8) is 0 Å². The number of imide groups is 1. The summed E-state index contributed by atoms with van der Waals surface area (Å²) in [5.41, 5.74) is -0.788. The van der Waals surface area contributed by atoms with E-state index in [-0.39, 0.29) is 17.9 Å². The lowest BCUT2D eigenvalue weighted by molar-refractivity contribution is -0.125. The number of nitrogens with zero attached hydrogens (tertiary/aromatic N) is 3. The largest absolute Gasteiger partial charge is 0.357 e. The molecule has 3 aliphatic heterocycles. The van der Waals surface area contributed by atoms with Crippen LogP contribution in [0, 0.1) is 11.8 Å². The van der Waals surface area contributed by atoms with Crippen LogP contribution in [0.1, 0.15) is 46.5 Å². The SMILES string of the molecule is CCNC(=NCCN1CCC(C)CC1)N1CCC(C2(C)NC(=O)NC2=O)CC1. The highest BCUT2D eigenvalue weighted by Gasteiger charge is 2.48. The molecule has 8 nitrogen and oxygen atoms in total. The fourth-order valence-electron chi connectivity index (χ4n) is 4.52. The number of guanidine groups is 1. The molecule has 3 saturated heterocycles. The molecule has 8 heteroatoms. The summed E-state index contributed by atoms with van der Waals surface area (Å²) >= 11 is 0. The highest BCUT2D eigenvalue weighted by Crippen LogP contribution is 2.30. The zero-order valence-electron chi connectivity index (χ0n) is 17.6. The first-order valence-electron chi connectivity index (χ1n) is 10.8. The molecule has 0 aromatic carbocycles. The predicted molar refractivity (Wildman–Crippen MR) is 110 cm³/mol. The Hall–Kier alpha value is -1.83. The van der Waals surface area contributed by atoms with Crippen molar-refractivity contribution < 1.29 is 9.59 Å². The fraction of sp³-hybridized carbons (Fsp3) is 0.850. The Balaban J connectivity index is 1.51. The number of hydrogen-bond acceptors (Lipinski definition) is 4. The summed E-state index contributed by atoms with van der Waals surface area (Å²) in [5.74, 6) is 1.77. The van der Waals surface area contributed by atoms with Crippen LogP contribution in [0.2, 0.25) is 0 Å². The zero-order valence-corrected chi connectivity index (χ0v) is 17.6. The molecule has 3 rings (SSSR count). The molecule has 0 aromatic heterocycles. The van der Waals surface area contributed by atoms with Crippen LogP contribution in [-0.2, 0) is 4.79 Å². The Bertz CT molecular complexity index is 594. The quantitative estimate of drug-likeness (QED) is 0.369. The molecular weight excluding hydrogens is 356 g/mol. The Morgan fingerprint density at radius 1 is 1.18 bits per heavy atom. The van der Waals surface area contributed by atoms with Gasteiger partial charge in [0.15, 0.2) is 5.96 Å². The summed E-state index contributed by atoms with van der Waals surface area (Å²) in [6.45, 7) is 13.0. The van der Waals surface area contributed by atoms with E-state index in [1.807, 2.05) is 6.92 Å². The molecule has 28 heavy (non-hydrogen) atoms. The van der Waals surface area contributed by atoms with Gasteiger partial charge in [-0.2, -0.15) is 0 Å². The Labute approximate surface area is 168 Å². The van der Waals surface area contributed by atoms with E-state index >= 15 is 0 Å². The second kappa shape index (κ2) is 9.11. The topological polar surface area (TPSA) is 89.1 Å². The van der Waals surface area contributed by atoms with Gasteiger partial charge in [-0.1, -0.05) is 6.92 Å². The van der Waals surface area contributed by atoms with E-state index in [1.165, 1.54) is 25.9 Å². The van der Waals surface area contributed by atoms with E-state index < -0.39 is 5.54 Å². The van der Waals surface area contributed by atoms with Gasteiger partial charge >= 0.3 is 6.03 Å². The standard InChI is InChI=1S/C20H36N6O2/c1-4-21-18(22-9-14-25-10-5-15(2)6-11-25)26-12-7-16(8-13-26)20(3)17(27)23-19(28)24-20/h15-16H,4-14H2,1-3H3,(H,21,22)(H2,23,24,27,28). The molecule has 3 amide bonds. The van der Waals surface area contributed by atoms with E-state index in [0.29, 0.717) is 0 Å². The molecule has 3 N–H and O–H groups in total. The van der Waals surface area contributed by atoms with E-state index in [4.69, 9.17) is 4.99 Å². The molecule has 3 aliphatic rings. The molecule has 0 bridgehead atoms. The van der Waals surface area contributed by atoms with Crippen LogP contribution < -0.4 is 16.0 Å². The van der Waals surface area contributed by atoms with Crippen LogP contribution >= 0.6 is 0 Å². The number of carbonyl (C=O) groups is 2. The van der Waals surface area contributed by atoms with Gasteiger partial charge in [0.1, 0.15) is 5.54 Å². The molecule has 3 heterocycles. The average Bonchev–Trinajstić information content (AvgIpc) is 2.95. The number of amides is 3. The molecule has 1 unspecified atom stereocenters. The summed E-state index contributed by atoms with van der Waals surface area (Å²) in [4.78, 5) is 33.4. The first kappa shape index (κ1) is 20.9. The highest BCUT2D eigenvalue weighted by molar-refractivity contribution is 6.07. The summed E-state index contributed by atoms with van der Waals surface area (Å²) in [5, 5.41) is 8.62. The Kier molecular flexibility index (Phi) is 6.80. The predicted octanol–water partition coefficient (Wildman–Crippen LogP) is 0.994. The second-order valence-corrected chi connectivity index (χ2v) is 8.63. The van der Waals surface area contributed by atoms with Crippen LogP contribution in [0.5, 0.6) is 0 Å². The molecule has 0 aliphatic carbocycles. The number of hydrogen-bond donors (Lipinski definition) is 3. The van der Waals surface area contributed by atoms with Gasteiger partial charge in [-0.15, -0.1) is 0 Å². The number of piperidine rings is 2. The fourth-order valence-corrected chi connectivity index (χ4v) is 4.52. The number of rotatable bonds is 5. The maximum absolute atomic E-state index is 12.2. The maximum Gasteiger partial charge on any atom is 0.322 e. The van der Waals surface area contributed by atoms with Crippen LogP contribution in [0.4, 0.5) is 4.79 Å². The van der Waals surface area contributed by atoms with Gasteiger partial charge in [0.05, 0.1) is 6.54 Å².